The van der Waals surface area contributed by atoms with Crippen LogP contribution in [0.2, 0.25) is 0 Å². The van der Waals surface area contributed by atoms with Crippen LogP contribution in [0.15, 0.2) is 0 Å². The number of nitrogens with one attached hydrogen (secondary N) is 1. The van der Waals surface area contributed by atoms with Gasteiger partial charge in [0.15, 0.2) is 5.78 Å². The van der Waals surface area contributed by atoms with Crippen LogP contribution in [-0.2, 0) is 9.59 Å². The van der Waals surface area contributed by atoms with Crippen LogP contribution in [0.5, 0.6) is 0 Å². The predicted molar refractivity (Wildman–Crippen MR) is 59.9 cm³/mol. The third kappa shape index (κ3) is 3.82. The van der Waals surface area contributed by atoms with Gasteiger partial charge in [0.05, 0.1) is 11.9 Å². The third-order valence-corrected chi connectivity index (χ3v) is 3.22. The van der Waals surface area contributed by atoms with Crippen LogP contribution in [0.3, 0.4) is 0 Å². The second-order valence-corrected chi connectivity index (χ2v) is 4.44. The van der Waals surface area contributed by atoms with Crippen molar-refractivity contribution in [1.29, 1.82) is 0 Å². The number of Topliss-reactive ketones (excluding diaryl/α,β-unsaturated/α-hetero) is 1. The molecule has 1 rings (SSSR count). The summed E-state index contributed by atoms with van der Waals surface area (Å²) in [5.74, 6) is 0.0678. The highest BCUT2D eigenvalue weighted by molar-refractivity contribution is 6.28. The van der Waals surface area contributed by atoms with Gasteiger partial charge in [-0.05, 0) is 18.8 Å². The van der Waals surface area contributed by atoms with E-state index < -0.39 is 0 Å². The molecule has 1 N–H and O–H groups in total. The molecule has 3 nitrogen and oxygen atoms in total. The Morgan fingerprint density at radius 3 is 2.40 bits per heavy atom. The fourth-order valence-corrected chi connectivity index (χ4v) is 2.40. The minimum atomic E-state index is -0.361. The molecule has 4 heteroatoms. The molecule has 1 unspecified atom stereocenters. The molecule has 86 valence electrons. The van der Waals surface area contributed by atoms with Gasteiger partial charge in [-0.2, -0.15) is 0 Å². The van der Waals surface area contributed by atoms with E-state index in [1.165, 1.54) is 13.3 Å². The quantitative estimate of drug-likeness (QED) is 0.751. The largest absolute Gasteiger partial charge is 0.346 e. The van der Waals surface area contributed by atoms with Crippen molar-refractivity contribution in [3.8, 4) is 0 Å². The van der Waals surface area contributed by atoms with Gasteiger partial charge in [0.25, 0.3) is 0 Å². The number of amides is 1. The van der Waals surface area contributed by atoms with E-state index >= 15 is 0 Å². The first-order valence-corrected chi connectivity index (χ1v) is 6.04. The van der Waals surface area contributed by atoms with E-state index in [-0.39, 0.29) is 29.5 Å². The first-order valence-electron chi connectivity index (χ1n) is 5.51. The van der Waals surface area contributed by atoms with Crippen molar-refractivity contribution in [2.75, 3.05) is 5.88 Å². The molecule has 1 fully saturated rings. The maximum absolute atomic E-state index is 11.6. The summed E-state index contributed by atoms with van der Waals surface area (Å²) in [4.78, 5) is 22.6. The average Bonchev–Trinajstić information content (AvgIpc) is 2.26. The monoisotopic (exact) mass is 231 g/mol. The van der Waals surface area contributed by atoms with Crippen LogP contribution in [0.1, 0.15) is 39.0 Å². The standard InChI is InChI=1S/C11H18ClNO2/c1-8(14)13-11(10(15)7-12)9-5-3-2-4-6-9/h9,11H,2-7H2,1H3,(H,13,14). The van der Waals surface area contributed by atoms with Gasteiger partial charge in [-0.25, -0.2) is 0 Å². The van der Waals surface area contributed by atoms with Gasteiger partial charge >= 0.3 is 0 Å². The molecule has 0 aliphatic heterocycles. The zero-order valence-corrected chi connectivity index (χ0v) is 9.85. The van der Waals surface area contributed by atoms with Crippen LogP contribution in [0.25, 0.3) is 0 Å². The lowest BCUT2D eigenvalue weighted by atomic mass is 9.82. The van der Waals surface area contributed by atoms with Crippen LogP contribution >= 0.6 is 11.6 Å². The number of ketones is 1. The lowest BCUT2D eigenvalue weighted by molar-refractivity contribution is -0.127. The lowest BCUT2D eigenvalue weighted by Gasteiger charge is -2.29. The molecule has 1 aliphatic carbocycles. The number of rotatable bonds is 4. The van der Waals surface area contributed by atoms with Crippen LogP contribution in [0, 0.1) is 5.92 Å². The highest BCUT2D eigenvalue weighted by atomic mass is 35.5. The van der Waals surface area contributed by atoms with Crippen molar-refractivity contribution in [1.82, 2.24) is 5.32 Å². The molecule has 0 spiro atoms. The van der Waals surface area contributed by atoms with Crippen molar-refractivity contribution in [3.05, 3.63) is 0 Å². The fraction of sp³-hybridized carbons (Fsp3) is 0.818. The Bertz CT molecular complexity index is 237. The Morgan fingerprint density at radius 1 is 1.33 bits per heavy atom. The normalized spacial score (nSPS) is 19.6. The number of hydrogen-bond acceptors (Lipinski definition) is 2. The van der Waals surface area contributed by atoms with Crippen molar-refractivity contribution >= 4 is 23.3 Å². The van der Waals surface area contributed by atoms with E-state index in [0.717, 1.165) is 25.7 Å². The minimum absolute atomic E-state index is 0.0125. The molecule has 0 radical (unpaired) electrons. The zero-order valence-electron chi connectivity index (χ0n) is 9.09. The number of carbonyl (C=O) groups excluding carboxylic acids is 2. The summed E-state index contributed by atoms with van der Waals surface area (Å²) in [7, 11) is 0. The molecule has 0 saturated heterocycles. The van der Waals surface area contributed by atoms with Gasteiger partial charge in [0.1, 0.15) is 0 Å². The highest BCUT2D eigenvalue weighted by Gasteiger charge is 2.29. The Hall–Kier alpha value is -0.570. The number of alkyl halides is 1. The van der Waals surface area contributed by atoms with Gasteiger partial charge in [-0.3, -0.25) is 9.59 Å². The number of halogens is 1. The summed E-state index contributed by atoms with van der Waals surface area (Å²) in [5, 5.41) is 2.73. The average molecular weight is 232 g/mol. The van der Waals surface area contributed by atoms with E-state index in [2.05, 4.69) is 5.32 Å². The van der Waals surface area contributed by atoms with E-state index in [9.17, 15) is 9.59 Å². The van der Waals surface area contributed by atoms with Crippen molar-refractivity contribution in [2.24, 2.45) is 5.92 Å². The summed E-state index contributed by atoms with van der Waals surface area (Å²) in [6.07, 6.45) is 5.58. The fourth-order valence-electron chi connectivity index (χ4n) is 2.23. The molecular weight excluding hydrogens is 214 g/mol. The molecular formula is C11H18ClNO2. The van der Waals surface area contributed by atoms with Crippen LogP contribution < -0.4 is 5.32 Å². The van der Waals surface area contributed by atoms with E-state index in [0.29, 0.717) is 0 Å². The summed E-state index contributed by atoms with van der Waals surface area (Å²) in [6.45, 7) is 1.44. The molecule has 0 bridgehead atoms. The Balaban J connectivity index is 2.60. The van der Waals surface area contributed by atoms with Gasteiger partial charge < -0.3 is 5.32 Å². The molecule has 15 heavy (non-hydrogen) atoms. The Morgan fingerprint density at radius 2 is 1.93 bits per heavy atom. The van der Waals surface area contributed by atoms with E-state index in [1.54, 1.807) is 0 Å². The first-order chi connectivity index (χ1) is 7.15. The van der Waals surface area contributed by atoms with Crippen molar-refractivity contribution < 1.29 is 9.59 Å². The molecule has 0 aromatic carbocycles. The summed E-state index contributed by atoms with van der Waals surface area (Å²) in [6, 6.07) is -0.361. The topological polar surface area (TPSA) is 46.2 Å². The smallest absolute Gasteiger partial charge is 0.217 e. The van der Waals surface area contributed by atoms with Crippen molar-refractivity contribution in [3.63, 3.8) is 0 Å². The third-order valence-electron chi connectivity index (χ3n) is 2.96. The second kappa shape index (κ2) is 6.11. The lowest BCUT2D eigenvalue weighted by Crippen LogP contribution is -2.46. The molecule has 1 aliphatic rings. The summed E-state index contributed by atoms with van der Waals surface area (Å²) in [5.41, 5.74) is 0. The molecule has 0 aromatic heterocycles. The van der Waals surface area contributed by atoms with Gasteiger partial charge in [-0.1, -0.05) is 19.3 Å². The maximum Gasteiger partial charge on any atom is 0.217 e. The van der Waals surface area contributed by atoms with Gasteiger partial charge in [0, 0.05) is 6.92 Å². The Labute approximate surface area is 95.6 Å². The maximum atomic E-state index is 11.6. The zero-order chi connectivity index (χ0) is 11.3. The summed E-state index contributed by atoms with van der Waals surface area (Å²) >= 11 is 5.55. The number of hydrogen-bond donors (Lipinski definition) is 1. The minimum Gasteiger partial charge on any atom is -0.346 e. The molecule has 1 saturated carbocycles. The second-order valence-electron chi connectivity index (χ2n) is 4.18. The van der Waals surface area contributed by atoms with Crippen molar-refractivity contribution in [2.45, 2.75) is 45.1 Å². The van der Waals surface area contributed by atoms with Gasteiger partial charge in [0.2, 0.25) is 5.91 Å². The molecule has 0 heterocycles. The molecule has 1 amide bonds. The van der Waals surface area contributed by atoms with E-state index in [1.807, 2.05) is 0 Å². The van der Waals surface area contributed by atoms with Crippen LogP contribution in [0.4, 0.5) is 0 Å². The number of carbonyl (C=O) groups is 2. The van der Waals surface area contributed by atoms with E-state index in [4.69, 9.17) is 11.6 Å². The van der Waals surface area contributed by atoms with Crippen LogP contribution in [-0.4, -0.2) is 23.6 Å². The molecule has 0 aromatic rings. The van der Waals surface area contributed by atoms with Gasteiger partial charge in [-0.15, -0.1) is 11.6 Å². The highest BCUT2D eigenvalue weighted by Crippen LogP contribution is 2.27. The Kier molecular flexibility index (Phi) is 5.09. The predicted octanol–water partition coefficient (Wildman–Crippen LogP) is 1.88. The summed E-state index contributed by atoms with van der Waals surface area (Å²) < 4.78 is 0. The molecule has 1 atom stereocenters. The first kappa shape index (κ1) is 12.5. The SMILES string of the molecule is CC(=O)NC(C(=O)CCl)C1CCCCC1.